The summed E-state index contributed by atoms with van der Waals surface area (Å²) in [7, 11) is 0. The molecule has 1 fully saturated rings. The van der Waals surface area contributed by atoms with Crippen molar-refractivity contribution in [1.29, 1.82) is 0 Å². The minimum atomic E-state index is -0.459. The Labute approximate surface area is 116 Å². The molecule has 5 nitrogen and oxygen atoms in total. The van der Waals surface area contributed by atoms with E-state index < -0.39 is 4.92 Å². The lowest BCUT2D eigenvalue weighted by Crippen LogP contribution is -2.24. The maximum atomic E-state index is 10.6. The van der Waals surface area contributed by atoms with Crippen molar-refractivity contribution in [1.82, 2.24) is 0 Å². The summed E-state index contributed by atoms with van der Waals surface area (Å²) in [6.07, 6.45) is 4.05. The maximum absolute atomic E-state index is 10.6. The van der Waals surface area contributed by atoms with E-state index in [1.165, 1.54) is 12.1 Å². The number of nitro groups is 1. The van der Waals surface area contributed by atoms with Crippen molar-refractivity contribution in [2.45, 2.75) is 31.7 Å². The van der Waals surface area contributed by atoms with Gasteiger partial charge in [-0.3, -0.25) is 10.1 Å². The lowest BCUT2D eigenvalue weighted by atomic mass is 10.00. The highest BCUT2D eigenvalue weighted by Gasteiger charge is 2.27. The van der Waals surface area contributed by atoms with Gasteiger partial charge in [-0.05, 0) is 31.2 Å². The number of nitrogens with zero attached hydrogens (tertiary/aromatic N) is 1. The zero-order valence-corrected chi connectivity index (χ0v) is 11.3. The molecule has 2 N–H and O–H groups in total. The zero-order chi connectivity index (χ0) is 13.8. The topological polar surface area (TPSA) is 75.4 Å². The van der Waals surface area contributed by atoms with Crippen molar-refractivity contribution in [3.05, 3.63) is 33.3 Å². The third-order valence-electron chi connectivity index (χ3n) is 3.66. The van der Waals surface area contributed by atoms with Crippen LogP contribution >= 0.6 is 11.6 Å². The van der Waals surface area contributed by atoms with Gasteiger partial charge in [0, 0.05) is 24.8 Å². The third kappa shape index (κ3) is 3.36. The summed E-state index contributed by atoms with van der Waals surface area (Å²) in [6.45, 7) is 0.191. The molecular formula is C13H17ClN2O3. The Morgan fingerprint density at radius 3 is 2.89 bits per heavy atom. The molecule has 0 amide bonds. The summed E-state index contributed by atoms with van der Waals surface area (Å²) in [5.41, 5.74) is 0.719. The molecule has 0 bridgehead atoms. The molecule has 0 spiro atoms. The van der Waals surface area contributed by atoms with E-state index in [9.17, 15) is 10.1 Å². The first-order chi connectivity index (χ1) is 9.11. The van der Waals surface area contributed by atoms with Crippen LogP contribution in [0.25, 0.3) is 0 Å². The lowest BCUT2D eigenvalue weighted by molar-refractivity contribution is -0.384. The van der Waals surface area contributed by atoms with Crippen LogP contribution in [-0.4, -0.2) is 22.7 Å². The molecular weight excluding hydrogens is 268 g/mol. The fraction of sp³-hybridized carbons (Fsp3) is 0.538. The molecule has 1 aliphatic rings. The van der Waals surface area contributed by atoms with Gasteiger partial charge in [0.05, 0.1) is 15.6 Å². The van der Waals surface area contributed by atoms with Crippen LogP contribution in [0.5, 0.6) is 0 Å². The van der Waals surface area contributed by atoms with Gasteiger partial charge in [-0.2, -0.15) is 0 Å². The zero-order valence-electron chi connectivity index (χ0n) is 10.5. The minimum absolute atomic E-state index is 0.00567. The largest absolute Gasteiger partial charge is 0.396 e. The summed E-state index contributed by atoms with van der Waals surface area (Å²) >= 11 is 6.06. The number of aliphatic hydroxyl groups excluding tert-OH is 1. The number of hydrogen-bond acceptors (Lipinski definition) is 4. The number of nitrogens with one attached hydrogen (secondary N) is 1. The monoisotopic (exact) mass is 284 g/mol. The predicted octanol–water partition coefficient (Wildman–Crippen LogP) is 3.21. The van der Waals surface area contributed by atoms with Gasteiger partial charge in [-0.25, -0.2) is 0 Å². The lowest BCUT2D eigenvalue weighted by Gasteiger charge is -2.22. The maximum Gasteiger partial charge on any atom is 0.271 e. The van der Waals surface area contributed by atoms with E-state index in [0.717, 1.165) is 31.4 Å². The predicted molar refractivity (Wildman–Crippen MR) is 74.6 cm³/mol. The van der Waals surface area contributed by atoms with Gasteiger partial charge in [0.1, 0.15) is 0 Å². The van der Waals surface area contributed by atoms with Crippen LogP contribution in [0, 0.1) is 16.0 Å². The first-order valence-corrected chi connectivity index (χ1v) is 6.81. The first-order valence-electron chi connectivity index (χ1n) is 6.43. The van der Waals surface area contributed by atoms with Gasteiger partial charge >= 0.3 is 0 Å². The van der Waals surface area contributed by atoms with Gasteiger partial charge in [-0.15, -0.1) is 0 Å². The second kappa shape index (κ2) is 6.21. The summed E-state index contributed by atoms with van der Waals surface area (Å²) in [4.78, 5) is 10.2. The van der Waals surface area contributed by atoms with Gasteiger partial charge in [-0.1, -0.05) is 18.0 Å². The average molecular weight is 285 g/mol. The Morgan fingerprint density at radius 2 is 2.26 bits per heavy atom. The van der Waals surface area contributed by atoms with Crippen LogP contribution in [0.15, 0.2) is 18.2 Å². The van der Waals surface area contributed by atoms with Crippen LogP contribution < -0.4 is 5.32 Å². The molecule has 104 valence electrons. The smallest absolute Gasteiger partial charge is 0.271 e. The van der Waals surface area contributed by atoms with E-state index in [1.54, 1.807) is 6.07 Å². The fourth-order valence-corrected chi connectivity index (χ4v) is 2.90. The molecule has 1 saturated carbocycles. The number of benzene rings is 1. The van der Waals surface area contributed by atoms with Crippen LogP contribution in [0.1, 0.15) is 25.7 Å². The molecule has 1 aromatic carbocycles. The molecule has 0 saturated heterocycles. The van der Waals surface area contributed by atoms with Crippen molar-refractivity contribution < 1.29 is 10.0 Å². The number of anilines is 1. The molecule has 2 rings (SSSR count). The summed E-state index contributed by atoms with van der Waals surface area (Å²) in [5.74, 6) is 0.441. The third-order valence-corrected chi connectivity index (χ3v) is 3.98. The fourth-order valence-electron chi connectivity index (χ4n) is 2.67. The van der Waals surface area contributed by atoms with Crippen molar-refractivity contribution in [3.63, 3.8) is 0 Å². The number of halogens is 1. The number of aliphatic hydroxyl groups is 1. The Bertz CT molecular complexity index is 467. The Kier molecular flexibility index (Phi) is 4.61. The van der Waals surface area contributed by atoms with Crippen molar-refractivity contribution in [2.24, 2.45) is 5.92 Å². The molecule has 1 aliphatic carbocycles. The highest BCUT2D eigenvalue weighted by molar-refractivity contribution is 6.33. The Hall–Kier alpha value is -1.33. The minimum Gasteiger partial charge on any atom is -0.396 e. The van der Waals surface area contributed by atoms with Gasteiger partial charge in [0.15, 0.2) is 0 Å². The van der Waals surface area contributed by atoms with E-state index >= 15 is 0 Å². The number of non-ortho nitro benzene ring substituents is 1. The van der Waals surface area contributed by atoms with Crippen molar-refractivity contribution >= 4 is 23.0 Å². The molecule has 0 radical (unpaired) electrons. The van der Waals surface area contributed by atoms with Gasteiger partial charge < -0.3 is 10.4 Å². The second-order valence-electron chi connectivity index (χ2n) is 4.88. The highest BCUT2D eigenvalue weighted by Crippen LogP contribution is 2.34. The van der Waals surface area contributed by atoms with Crippen LogP contribution in [0.2, 0.25) is 5.02 Å². The summed E-state index contributed by atoms with van der Waals surface area (Å²) in [5, 5.41) is 23.4. The quantitative estimate of drug-likeness (QED) is 0.643. The molecule has 0 aromatic heterocycles. The second-order valence-corrected chi connectivity index (χ2v) is 5.28. The highest BCUT2D eigenvalue weighted by atomic mass is 35.5. The Balaban J connectivity index is 2.08. The van der Waals surface area contributed by atoms with Crippen LogP contribution in [0.3, 0.4) is 0 Å². The average Bonchev–Trinajstić information content (AvgIpc) is 2.79. The Morgan fingerprint density at radius 1 is 1.47 bits per heavy atom. The van der Waals surface area contributed by atoms with Crippen LogP contribution in [-0.2, 0) is 0 Å². The van der Waals surface area contributed by atoms with E-state index in [-0.39, 0.29) is 18.3 Å². The molecule has 19 heavy (non-hydrogen) atoms. The molecule has 2 unspecified atom stereocenters. The summed E-state index contributed by atoms with van der Waals surface area (Å²) < 4.78 is 0. The van der Waals surface area contributed by atoms with Crippen molar-refractivity contribution in [2.75, 3.05) is 11.9 Å². The molecule has 1 aromatic rings. The van der Waals surface area contributed by atoms with E-state index in [4.69, 9.17) is 16.7 Å². The van der Waals surface area contributed by atoms with Gasteiger partial charge in [0.2, 0.25) is 0 Å². The molecule has 2 atom stereocenters. The number of hydrogen-bond donors (Lipinski definition) is 2. The van der Waals surface area contributed by atoms with E-state index in [0.29, 0.717) is 10.9 Å². The van der Waals surface area contributed by atoms with Gasteiger partial charge in [0.25, 0.3) is 5.69 Å². The van der Waals surface area contributed by atoms with Crippen LogP contribution in [0.4, 0.5) is 11.4 Å². The SMILES string of the molecule is O=[N+]([O-])c1ccc(NC2CCCC2CCO)c(Cl)c1. The molecule has 0 heterocycles. The molecule has 6 heteroatoms. The summed E-state index contributed by atoms with van der Waals surface area (Å²) in [6, 6.07) is 4.74. The number of nitro benzene ring substituents is 1. The number of rotatable bonds is 5. The normalized spacial score (nSPS) is 22.4. The van der Waals surface area contributed by atoms with E-state index in [1.807, 2.05) is 0 Å². The standard InChI is InChI=1S/C13H17ClN2O3/c14-11-8-10(16(18)19)4-5-13(11)15-12-3-1-2-9(12)6-7-17/h4-5,8-9,12,15,17H,1-3,6-7H2. The van der Waals surface area contributed by atoms with Crippen molar-refractivity contribution in [3.8, 4) is 0 Å². The van der Waals surface area contributed by atoms with E-state index in [2.05, 4.69) is 5.32 Å². The first kappa shape index (κ1) is 14.1. The molecule has 0 aliphatic heterocycles.